The van der Waals surface area contributed by atoms with Crippen LogP contribution in [0.3, 0.4) is 0 Å². The molecule has 0 aliphatic heterocycles. The van der Waals surface area contributed by atoms with Crippen LogP contribution >= 0.6 is 23.2 Å². The Hall–Kier alpha value is -1.78. The lowest BCUT2D eigenvalue weighted by Crippen LogP contribution is -2.16. The first-order chi connectivity index (χ1) is 13.2. The minimum absolute atomic E-state index is 0.228. The summed E-state index contributed by atoms with van der Waals surface area (Å²) in [5.41, 5.74) is 2.03. The van der Waals surface area contributed by atoms with Crippen molar-refractivity contribution in [2.45, 2.75) is 26.0 Å². The largest absolute Gasteiger partial charge is 0.488 e. The van der Waals surface area contributed by atoms with Crippen molar-refractivity contribution in [1.29, 1.82) is 0 Å². The van der Waals surface area contributed by atoms with Crippen LogP contribution < -0.4 is 10.1 Å². The van der Waals surface area contributed by atoms with Crippen molar-refractivity contribution in [3.05, 3.63) is 75.8 Å². The van der Waals surface area contributed by atoms with Crippen LogP contribution in [-0.4, -0.2) is 18.3 Å². The Kier molecular flexibility index (Phi) is 7.36. The number of aliphatic hydroxyl groups excluding tert-OH is 1. The van der Waals surface area contributed by atoms with E-state index in [2.05, 4.69) is 23.5 Å². The number of aliphatic hydroxyl groups is 1. The molecular formula is C22H23Cl2NO2. The zero-order valence-corrected chi connectivity index (χ0v) is 16.6. The van der Waals surface area contributed by atoms with Crippen molar-refractivity contribution in [1.82, 2.24) is 5.32 Å². The summed E-state index contributed by atoms with van der Waals surface area (Å²) in [5.74, 6) is 0.842. The number of fused-ring (bicyclic) bond motifs is 1. The Morgan fingerprint density at radius 1 is 0.963 bits per heavy atom. The van der Waals surface area contributed by atoms with E-state index in [-0.39, 0.29) is 6.61 Å². The van der Waals surface area contributed by atoms with E-state index < -0.39 is 0 Å². The van der Waals surface area contributed by atoms with Gasteiger partial charge in [-0.3, -0.25) is 0 Å². The molecule has 0 amide bonds. The fourth-order valence-electron chi connectivity index (χ4n) is 3.00. The van der Waals surface area contributed by atoms with Crippen LogP contribution in [0.4, 0.5) is 0 Å². The maximum atomic E-state index is 8.92. The Balaban J connectivity index is 1.79. The van der Waals surface area contributed by atoms with Crippen molar-refractivity contribution in [3.8, 4) is 5.75 Å². The average Bonchev–Trinajstić information content (AvgIpc) is 2.68. The van der Waals surface area contributed by atoms with Crippen LogP contribution in [0.1, 0.15) is 24.0 Å². The second-order valence-electron chi connectivity index (χ2n) is 6.40. The van der Waals surface area contributed by atoms with E-state index in [4.69, 9.17) is 33.0 Å². The lowest BCUT2D eigenvalue weighted by molar-refractivity contribution is 0.283. The van der Waals surface area contributed by atoms with Crippen molar-refractivity contribution >= 4 is 34.0 Å². The number of hydrogen-bond donors (Lipinski definition) is 2. The zero-order valence-electron chi connectivity index (χ0n) is 15.1. The van der Waals surface area contributed by atoms with E-state index in [0.717, 1.165) is 36.3 Å². The van der Waals surface area contributed by atoms with E-state index in [1.807, 2.05) is 30.3 Å². The van der Waals surface area contributed by atoms with Gasteiger partial charge in [-0.05, 0) is 48.4 Å². The summed E-state index contributed by atoms with van der Waals surface area (Å²) < 4.78 is 6.12. The van der Waals surface area contributed by atoms with Crippen molar-refractivity contribution in [3.63, 3.8) is 0 Å². The first kappa shape index (κ1) is 20.0. The van der Waals surface area contributed by atoms with E-state index >= 15 is 0 Å². The molecular weight excluding hydrogens is 381 g/mol. The Morgan fingerprint density at radius 3 is 2.63 bits per heavy atom. The predicted octanol–water partition coefficient (Wildman–Crippen LogP) is 5.59. The van der Waals surface area contributed by atoms with Crippen LogP contribution in [-0.2, 0) is 13.2 Å². The highest BCUT2D eigenvalue weighted by Crippen LogP contribution is 2.30. The molecule has 142 valence electrons. The van der Waals surface area contributed by atoms with Crippen molar-refractivity contribution < 1.29 is 9.84 Å². The number of ether oxygens (including phenoxy) is 1. The Bertz CT molecular complexity index is 899. The summed E-state index contributed by atoms with van der Waals surface area (Å²) >= 11 is 12.2. The van der Waals surface area contributed by atoms with Crippen LogP contribution in [0.25, 0.3) is 10.8 Å². The second-order valence-corrected chi connectivity index (χ2v) is 7.24. The van der Waals surface area contributed by atoms with E-state index in [1.165, 1.54) is 10.8 Å². The van der Waals surface area contributed by atoms with Gasteiger partial charge in [-0.25, -0.2) is 0 Å². The van der Waals surface area contributed by atoms with Crippen LogP contribution in [0, 0.1) is 0 Å². The zero-order chi connectivity index (χ0) is 19.1. The molecule has 0 spiro atoms. The molecule has 0 atom stereocenters. The third-order valence-corrected chi connectivity index (χ3v) is 5.05. The van der Waals surface area contributed by atoms with Gasteiger partial charge in [0.2, 0.25) is 0 Å². The average molecular weight is 404 g/mol. The minimum atomic E-state index is 0.228. The molecule has 3 aromatic carbocycles. The lowest BCUT2D eigenvalue weighted by Gasteiger charge is -2.16. The number of benzene rings is 3. The molecule has 27 heavy (non-hydrogen) atoms. The maximum absolute atomic E-state index is 8.92. The molecule has 0 fully saturated rings. The number of rotatable bonds is 9. The molecule has 0 unspecified atom stereocenters. The monoisotopic (exact) mass is 403 g/mol. The molecule has 0 radical (unpaired) electrons. The summed E-state index contributed by atoms with van der Waals surface area (Å²) in [7, 11) is 0. The van der Waals surface area contributed by atoms with Gasteiger partial charge in [0, 0.05) is 34.3 Å². The molecule has 0 bridgehead atoms. The lowest BCUT2D eigenvalue weighted by atomic mass is 10.0. The van der Waals surface area contributed by atoms with Gasteiger partial charge in [-0.15, -0.1) is 0 Å². The summed E-state index contributed by atoms with van der Waals surface area (Å²) in [5, 5.41) is 15.9. The SMILES string of the molecule is OCCCCNCc1c(OCc2ccc(Cl)cc2Cl)ccc2ccccc12. The first-order valence-electron chi connectivity index (χ1n) is 9.08. The number of hydrogen-bond acceptors (Lipinski definition) is 3. The summed E-state index contributed by atoms with van der Waals surface area (Å²) in [6, 6.07) is 17.8. The Morgan fingerprint density at radius 2 is 1.81 bits per heavy atom. The van der Waals surface area contributed by atoms with Gasteiger partial charge in [0.25, 0.3) is 0 Å². The molecule has 2 N–H and O–H groups in total. The van der Waals surface area contributed by atoms with Crippen LogP contribution in [0.2, 0.25) is 10.0 Å². The highest BCUT2D eigenvalue weighted by molar-refractivity contribution is 6.35. The van der Waals surface area contributed by atoms with Crippen LogP contribution in [0.15, 0.2) is 54.6 Å². The summed E-state index contributed by atoms with van der Waals surface area (Å²) in [6.45, 7) is 2.17. The molecule has 0 saturated heterocycles. The molecule has 0 heterocycles. The smallest absolute Gasteiger partial charge is 0.124 e. The van der Waals surface area contributed by atoms with E-state index in [0.29, 0.717) is 23.2 Å². The van der Waals surface area contributed by atoms with E-state index in [1.54, 1.807) is 6.07 Å². The molecule has 3 aromatic rings. The highest BCUT2D eigenvalue weighted by Gasteiger charge is 2.10. The fraction of sp³-hybridized carbons (Fsp3) is 0.273. The van der Waals surface area contributed by atoms with Gasteiger partial charge in [0.05, 0.1) is 0 Å². The molecule has 0 saturated carbocycles. The topological polar surface area (TPSA) is 41.5 Å². The standard InChI is InChI=1S/C22H23Cl2NO2/c23-18-9-7-17(21(24)13-18)15-27-22-10-8-16-5-1-2-6-19(16)20(22)14-25-11-3-4-12-26/h1-2,5-10,13,25-26H,3-4,11-12,14-15H2. The molecule has 3 nitrogen and oxygen atoms in total. The van der Waals surface area contributed by atoms with E-state index in [9.17, 15) is 0 Å². The Labute approximate surface area is 169 Å². The molecule has 0 aliphatic rings. The van der Waals surface area contributed by atoms with Gasteiger partial charge in [0.15, 0.2) is 0 Å². The normalized spacial score (nSPS) is 11.1. The van der Waals surface area contributed by atoms with Crippen molar-refractivity contribution in [2.75, 3.05) is 13.2 Å². The molecule has 0 aliphatic carbocycles. The third-order valence-electron chi connectivity index (χ3n) is 4.46. The number of halogens is 2. The molecule has 5 heteroatoms. The van der Waals surface area contributed by atoms with Gasteiger partial charge in [0.1, 0.15) is 12.4 Å². The summed E-state index contributed by atoms with van der Waals surface area (Å²) in [4.78, 5) is 0. The highest BCUT2D eigenvalue weighted by atomic mass is 35.5. The third kappa shape index (κ3) is 5.36. The number of unbranched alkanes of at least 4 members (excludes halogenated alkanes) is 1. The second kappa shape index (κ2) is 9.95. The maximum Gasteiger partial charge on any atom is 0.124 e. The van der Waals surface area contributed by atoms with Crippen LogP contribution in [0.5, 0.6) is 5.75 Å². The quantitative estimate of drug-likeness (QED) is 0.457. The molecule has 0 aromatic heterocycles. The van der Waals surface area contributed by atoms with Gasteiger partial charge in [-0.1, -0.05) is 59.6 Å². The van der Waals surface area contributed by atoms with Gasteiger partial charge < -0.3 is 15.2 Å². The molecule has 3 rings (SSSR count). The first-order valence-corrected chi connectivity index (χ1v) is 9.83. The fourth-order valence-corrected chi connectivity index (χ4v) is 3.47. The van der Waals surface area contributed by atoms with Crippen molar-refractivity contribution in [2.24, 2.45) is 0 Å². The number of nitrogens with one attached hydrogen (secondary N) is 1. The van der Waals surface area contributed by atoms with Gasteiger partial charge in [-0.2, -0.15) is 0 Å². The van der Waals surface area contributed by atoms with Gasteiger partial charge >= 0.3 is 0 Å². The predicted molar refractivity (Wildman–Crippen MR) is 113 cm³/mol. The summed E-state index contributed by atoms with van der Waals surface area (Å²) in [6.07, 6.45) is 1.75. The minimum Gasteiger partial charge on any atom is -0.488 e.